The zero-order valence-corrected chi connectivity index (χ0v) is 13.2. The van der Waals surface area contributed by atoms with Gasteiger partial charge in [-0.15, -0.1) is 0 Å². The van der Waals surface area contributed by atoms with Crippen LogP contribution in [0.3, 0.4) is 0 Å². The van der Waals surface area contributed by atoms with E-state index in [2.05, 4.69) is 4.98 Å². The molecule has 3 heterocycles. The third kappa shape index (κ3) is 2.01. The van der Waals surface area contributed by atoms with Crippen LogP contribution in [-0.2, 0) is 4.74 Å². The van der Waals surface area contributed by atoms with Gasteiger partial charge in [0.15, 0.2) is 5.69 Å². The van der Waals surface area contributed by atoms with Crippen LogP contribution < -0.4 is 0 Å². The summed E-state index contributed by atoms with van der Waals surface area (Å²) >= 11 is 0. The third-order valence-electron chi connectivity index (χ3n) is 4.57. The Balaban J connectivity index is 1.96. The number of aromatic hydroxyl groups is 1. The zero-order valence-electron chi connectivity index (χ0n) is 13.2. The summed E-state index contributed by atoms with van der Waals surface area (Å²) in [6.07, 6.45) is 3.17. The monoisotopic (exact) mass is 327 g/mol. The van der Waals surface area contributed by atoms with Crippen LogP contribution in [0.4, 0.5) is 0 Å². The van der Waals surface area contributed by atoms with Crippen molar-refractivity contribution in [2.24, 2.45) is 0 Å². The second-order valence-corrected chi connectivity index (χ2v) is 5.93. The summed E-state index contributed by atoms with van der Waals surface area (Å²) in [6.45, 7) is 2.63. The summed E-state index contributed by atoms with van der Waals surface area (Å²) in [6, 6.07) is 4.45. The van der Waals surface area contributed by atoms with Crippen LogP contribution in [0.5, 0.6) is 5.75 Å². The molecule has 0 spiro atoms. The van der Waals surface area contributed by atoms with Gasteiger partial charge < -0.3 is 14.7 Å². The molecule has 1 amide bonds. The Labute approximate surface area is 138 Å². The van der Waals surface area contributed by atoms with Gasteiger partial charge in [-0.2, -0.15) is 0 Å². The Morgan fingerprint density at radius 2 is 2.29 bits per heavy atom. The molecular formula is C17H17N3O4. The number of esters is 1. The Morgan fingerprint density at radius 1 is 1.46 bits per heavy atom. The van der Waals surface area contributed by atoms with Gasteiger partial charge in [0.05, 0.1) is 29.6 Å². The van der Waals surface area contributed by atoms with E-state index in [9.17, 15) is 14.7 Å². The highest BCUT2D eigenvalue weighted by molar-refractivity contribution is 6.00. The van der Waals surface area contributed by atoms with Gasteiger partial charge in [-0.1, -0.05) is 0 Å². The number of nitrogens with zero attached hydrogens (tertiary/aromatic N) is 3. The Kier molecular flexibility index (Phi) is 3.30. The summed E-state index contributed by atoms with van der Waals surface area (Å²) in [7, 11) is 0. The van der Waals surface area contributed by atoms with Gasteiger partial charge in [0.1, 0.15) is 12.1 Å². The Bertz CT molecular complexity index is 842. The summed E-state index contributed by atoms with van der Waals surface area (Å²) < 4.78 is 6.89. The fourth-order valence-corrected chi connectivity index (χ4v) is 3.58. The maximum absolute atomic E-state index is 12.9. The molecule has 1 saturated heterocycles. The van der Waals surface area contributed by atoms with Crippen LogP contribution in [0.1, 0.15) is 52.3 Å². The molecule has 0 unspecified atom stereocenters. The highest BCUT2D eigenvalue weighted by atomic mass is 16.5. The molecule has 0 saturated carbocycles. The number of phenols is 1. The van der Waals surface area contributed by atoms with Crippen molar-refractivity contribution in [2.45, 2.75) is 25.8 Å². The number of fused-ring (bicyclic) bond motifs is 5. The molecule has 1 fully saturated rings. The average molecular weight is 327 g/mol. The second kappa shape index (κ2) is 5.36. The van der Waals surface area contributed by atoms with Crippen molar-refractivity contribution in [3.8, 4) is 11.4 Å². The van der Waals surface area contributed by atoms with Crippen molar-refractivity contribution in [1.29, 1.82) is 0 Å². The van der Waals surface area contributed by atoms with Crippen molar-refractivity contribution < 1.29 is 19.4 Å². The van der Waals surface area contributed by atoms with Gasteiger partial charge in [0.25, 0.3) is 5.91 Å². The van der Waals surface area contributed by atoms with E-state index in [0.29, 0.717) is 23.5 Å². The largest absolute Gasteiger partial charge is 0.508 e. The molecule has 1 atom stereocenters. The van der Waals surface area contributed by atoms with E-state index in [1.807, 2.05) is 0 Å². The number of hydrogen-bond acceptors (Lipinski definition) is 5. The first-order valence-corrected chi connectivity index (χ1v) is 8.00. The molecule has 1 aromatic heterocycles. The highest BCUT2D eigenvalue weighted by Gasteiger charge is 2.40. The number of rotatable bonds is 2. The van der Waals surface area contributed by atoms with E-state index in [1.165, 1.54) is 12.1 Å². The van der Waals surface area contributed by atoms with Crippen LogP contribution >= 0.6 is 0 Å². The minimum absolute atomic E-state index is 0.0343. The zero-order chi connectivity index (χ0) is 16.8. The lowest BCUT2D eigenvalue weighted by molar-refractivity contribution is 0.0513. The number of imidazole rings is 1. The number of amides is 1. The van der Waals surface area contributed by atoms with Crippen LogP contribution in [-0.4, -0.2) is 44.6 Å². The van der Waals surface area contributed by atoms with E-state index < -0.39 is 5.97 Å². The van der Waals surface area contributed by atoms with Gasteiger partial charge in [0.2, 0.25) is 0 Å². The predicted octanol–water partition coefficient (Wildman–Crippen LogP) is 2.05. The molecule has 2 aliphatic rings. The van der Waals surface area contributed by atoms with Crippen molar-refractivity contribution in [2.75, 3.05) is 13.2 Å². The van der Waals surface area contributed by atoms with Crippen LogP contribution in [0.25, 0.3) is 5.69 Å². The number of benzene rings is 1. The van der Waals surface area contributed by atoms with E-state index in [1.54, 1.807) is 28.8 Å². The molecule has 0 aliphatic carbocycles. The SMILES string of the molecule is CCOC(=O)c1ncn2c1[C@@H]1CCCN1C(=O)c1cc(O)ccc1-2. The maximum Gasteiger partial charge on any atom is 0.358 e. The number of carbonyl (C=O) groups excluding carboxylic acids is 2. The van der Waals surface area contributed by atoms with E-state index >= 15 is 0 Å². The highest BCUT2D eigenvalue weighted by Crippen LogP contribution is 2.40. The fourth-order valence-electron chi connectivity index (χ4n) is 3.58. The number of hydrogen-bond donors (Lipinski definition) is 1. The van der Waals surface area contributed by atoms with E-state index in [0.717, 1.165) is 12.8 Å². The fraction of sp³-hybridized carbons (Fsp3) is 0.353. The second-order valence-electron chi connectivity index (χ2n) is 5.93. The van der Waals surface area contributed by atoms with Crippen molar-refractivity contribution >= 4 is 11.9 Å². The normalized spacial score (nSPS) is 18.6. The standard InChI is InChI=1S/C17H17N3O4/c1-2-24-17(23)14-15-13-4-3-7-19(13)16(22)11-8-10(21)5-6-12(11)20(15)9-18-14/h5-6,8-9,13,21H,2-4,7H2,1H3/t13-/m0/s1. The quantitative estimate of drug-likeness (QED) is 0.853. The van der Waals surface area contributed by atoms with Crippen molar-refractivity contribution in [1.82, 2.24) is 14.5 Å². The molecule has 24 heavy (non-hydrogen) atoms. The average Bonchev–Trinajstić information content (AvgIpc) is 3.18. The topological polar surface area (TPSA) is 84.7 Å². The minimum Gasteiger partial charge on any atom is -0.508 e. The summed E-state index contributed by atoms with van der Waals surface area (Å²) in [4.78, 5) is 31.2. The summed E-state index contributed by atoms with van der Waals surface area (Å²) in [5, 5.41) is 9.78. The van der Waals surface area contributed by atoms with Gasteiger partial charge in [-0.3, -0.25) is 9.36 Å². The number of carbonyl (C=O) groups is 2. The molecular weight excluding hydrogens is 310 g/mol. The van der Waals surface area contributed by atoms with Crippen LogP contribution in [0.15, 0.2) is 24.5 Å². The smallest absolute Gasteiger partial charge is 0.358 e. The lowest BCUT2D eigenvalue weighted by Gasteiger charge is -2.22. The van der Waals surface area contributed by atoms with Gasteiger partial charge in [0, 0.05) is 6.54 Å². The molecule has 7 heteroatoms. The van der Waals surface area contributed by atoms with Crippen molar-refractivity contribution in [3.63, 3.8) is 0 Å². The molecule has 1 N–H and O–H groups in total. The van der Waals surface area contributed by atoms with Gasteiger partial charge in [-0.25, -0.2) is 9.78 Å². The maximum atomic E-state index is 12.9. The first-order chi connectivity index (χ1) is 11.6. The molecule has 0 bridgehead atoms. The Morgan fingerprint density at radius 3 is 3.08 bits per heavy atom. The summed E-state index contributed by atoms with van der Waals surface area (Å²) in [5.41, 5.74) is 1.96. The lowest BCUT2D eigenvalue weighted by atomic mass is 10.1. The predicted molar refractivity (Wildman–Crippen MR) is 84.2 cm³/mol. The molecule has 0 radical (unpaired) electrons. The number of ether oxygens (including phenoxy) is 1. The summed E-state index contributed by atoms with van der Waals surface area (Å²) in [5.74, 6) is -0.582. The minimum atomic E-state index is -0.479. The first-order valence-electron chi connectivity index (χ1n) is 8.00. The van der Waals surface area contributed by atoms with E-state index in [4.69, 9.17) is 4.74 Å². The first kappa shape index (κ1) is 14.7. The van der Waals surface area contributed by atoms with Gasteiger partial charge >= 0.3 is 5.97 Å². The van der Waals surface area contributed by atoms with Gasteiger partial charge in [-0.05, 0) is 38.0 Å². The molecule has 2 aromatic rings. The lowest BCUT2D eigenvalue weighted by Crippen LogP contribution is -2.30. The Hall–Kier alpha value is -2.83. The van der Waals surface area contributed by atoms with Crippen LogP contribution in [0.2, 0.25) is 0 Å². The molecule has 4 rings (SSSR count). The van der Waals surface area contributed by atoms with E-state index in [-0.39, 0.29) is 30.0 Å². The molecule has 1 aromatic carbocycles. The third-order valence-corrected chi connectivity index (χ3v) is 4.57. The molecule has 7 nitrogen and oxygen atoms in total. The molecule has 2 aliphatic heterocycles. The van der Waals surface area contributed by atoms with Crippen molar-refractivity contribution in [3.05, 3.63) is 41.5 Å². The number of phenolic OH excluding ortho intramolecular Hbond substituents is 1. The number of aromatic nitrogens is 2. The molecule has 124 valence electrons. The van der Waals surface area contributed by atoms with Crippen LogP contribution in [0, 0.1) is 0 Å².